The van der Waals surface area contributed by atoms with E-state index in [4.69, 9.17) is 0 Å². The number of hydrogen-bond donors (Lipinski definition) is 0. The minimum Gasteiger partial charge on any atom is -0.352 e. The highest BCUT2D eigenvalue weighted by Crippen LogP contribution is 2.44. The molecule has 2 aliphatic heterocycles. The highest BCUT2D eigenvalue weighted by atomic mass is 19.1. The van der Waals surface area contributed by atoms with E-state index in [1.165, 1.54) is 18.9 Å². The third-order valence-electron chi connectivity index (χ3n) is 4.21. The van der Waals surface area contributed by atoms with Crippen molar-refractivity contribution in [3.63, 3.8) is 0 Å². The second-order valence-electron chi connectivity index (χ2n) is 5.15. The second kappa shape index (κ2) is 3.06. The average molecular weight is 234 g/mol. The number of piperidine rings is 1. The van der Waals surface area contributed by atoms with Gasteiger partial charge in [0.05, 0.1) is 5.69 Å². The summed E-state index contributed by atoms with van der Waals surface area (Å²) in [6, 6.07) is 2.82. The molecule has 1 aliphatic carbocycles. The fraction of sp³-hybridized carbons (Fsp3) is 0.462. The smallest absolute Gasteiger partial charge is 0.133 e. The lowest BCUT2D eigenvalue weighted by Gasteiger charge is -2.34. The van der Waals surface area contributed by atoms with Crippen LogP contribution in [0.2, 0.25) is 0 Å². The standard InChI is InChI=1S/C13H12F2N2/c14-8-4-11(15)10-6-17-9-2-1-7(3-9)13(17)16-12(10)5-8/h4-5,7,9H,1-3,6H2. The zero-order chi connectivity index (χ0) is 11.6. The number of aliphatic imine (C=N–C) groups is 1. The van der Waals surface area contributed by atoms with Gasteiger partial charge in [0, 0.05) is 36.2 Å². The van der Waals surface area contributed by atoms with E-state index in [1.807, 2.05) is 0 Å². The molecule has 0 aromatic heterocycles. The number of hydrogen-bond acceptors (Lipinski definition) is 2. The molecular formula is C13H12F2N2. The zero-order valence-corrected chi connectivity index (χ0v) is 9.29. The van der Waals surface area contributed by atoms with Crippen LogP contribution in [0.5, 0.6) is 0 Å². The Balaban J connectivity index is 1.87. The van der Waals surface area contributed by atoms with E-state index >= 15 is 0 Å². The molecule has 3 aliphatic rings. The summed E-state index contributed by atoms with van der Waals surface area (Å²) < 4.78 is 26.9. The molecule has 17 heavy (non-hydrogen) atoms. The third kappa shape index (κ3) is 1.21. The maximum Gasteiger partial charge on any atom is 0.133 e. The number of rotatable bonds is 0. The molecule has 0 spiro atoms. The Bertz CT molecular complexity index is 538. The van der Waals surface area contributed by atoms with Crippen molar-refractivity contribution >= 4 is 11.5 Å². The van der Waals surface area contributed by atoms with Gasteiger partial charge in [-0.1, -0.05) is 0 Å². The topological polar surface area (TPSA) is 15.6 Å². The van der Waals surface area contributed by atoms with Crippen LogP contribution in [-0.2, 0) is 6.54 Å². The van der Waals surface area contributed by atoms with Gasteiger partial charge < -0.3 is 4.90 Å². The highest BCUT2D eigenvalue weighted by Gasteiger charge is 2.44. The zero-order valence-electron chi connectivity index (χ0n) is 9.29. The number of benzene rings is 1. The minimum atomic E-state index is -0.540. The Morgan fingerprint density at radius 3 is 3.00 bits per heavy atom. The number of nitrogens with zero attached hydrogens (tertiary/aromatic N) is 2. The Morgan fingerprint density at radius 2 is 2.12 bits per heavy atom. The lowest BCUT2D eigenvalue weighted by atomic mass is 10.0. The molecule has 2 heterocycles. The largest absolute Gasteiger partial charge is 0.352 e. The number of halogens is 2. The van der Waals surface area contributed by atoms with Gasteiger partial charge >= 0.3 is 0 Å². The first-order valence-corrected chi connectivity index (χ1v) is 6.05. The molecule has 1 saturated heterocycles. The number of fused-ring (bicyclic) bond motifs is 6. The molecule has 1 aromatic carbocycles. The highest BCUT2D eigenvalue weighted by molar-refractivity contribution is 5.91. The van der Waals surface area contributed by atoms with Crippen molar-refractivity contribution in [1.82, 2.24) is 4.90 Å². The van der Waals surface area contributed by atoms with Crippen LogP contribution in [0.25, 0.3) is 0 Å². The quantitative estimate of drug-likeness (QED) is 0.673. The number of amidine groups is 1. The van der Waals surface area contributed by atoms with Crippen molar-refractivity contribution in [3.05, 3.63) is 29.3 Å². The first-order chi connectivity index (χ1) is 8.22. The van der Waals surface area contributed by atoms with Crippen LogP contribution in [0.15, 0.2) is 17.1 Å². The fourth-order valence-electron chi connectivity index (χ4n) is 3.40. The molecule has 0 radical (unpaired) electrons. The summed E-state index contributed by atoms with van der Waals surface area (Å²) >= 11 is 0. The Morgan fingerprint density at radius 1 is 1.24 bits per heavy atom. The van der Waals surface area contributed by atoms with Crippen molar-refractivity contribution in [2.75, 3.05) is 0 Å². The molecule has 2 atom stereocenters. The van der Waals surface area contributed by atoms with Crippen LogP contribution >= 0.6 is 0 Å². The minimum absolute atomic E-state index is 0.467. The van der Waals surface area contributed by atoms with Crippen LogP contribution in [0.3, 0.4) is 0 Å². The van der Waals surface area contributed by atoms with E-state index < -0.39 is 11.6 Å². The van der Waals surface area contributed by atoms with Crippen LogP contribution in [-0.4, -0.2) is 16.8 Å². The second-order valence-corrected chi connectivity index (χ2v) is 5.15. The molecule has 2 bridgehead atoms. The molecule has 1 aromatic rings. The first-order valence-electron chi connectivity index (χ1n) is 6.05. The summed E-state index contributed by atoms with van der Waals surface area (Å²) in [5.74, 6) is 0.561. The summed E-state index contributed by atoms with van der Waals surface area (Å²) in [6.07, 6.45) is 3.49. The molecule has 0 N–H and O–H groups in total. The van der Waals surface area contributed by atoms with Crippen molar-refractivity contribution < 1.29 is 8.78 Å². The van der Waals surface area contributed by atoms with Gasteiger partial charge in [-0.3, -0.25) is 0 Å². The summed E-state index contributed by atoms with van der Waals surface area (Å²) in [6.45, 7) is 0.557. The molecule has 2 nitrogen and oxygen atoms in total. The van der Waals surface area contributed by atoms with Crippen molar-refractivity contribution in [3.8, 4) is 0 Å². The molecule has 2 fully saturated rings. The van der Waals surface area contributed by atoms with Gasteiger partial charge in [0.1, 0.15) is 17.5 Å². The van der Waals surface area contributed by atoms with Crippen molar-refractivity contribution in [2.45, 2.75) is 31.8 Å². The normalized spacial score (nSPS) is 29.1. The van der Waals surface area contributed by atoms with Gasteiger partial charge in [0.25, 0.3) is 0 Å². The van der Waals surface area contributed by atoms with E-state index in [9.17, 15) is 8.78 Å². The van der Waals surface area contributed by atoms with Gasteiger partial charge in [-0.25, -0.2) is 13.8 Å². The molecule has 0 amide bonds. The Hall–Kier alpha value is -1.45. The van der Waals surface area contributed by atoms with E-state index in [2.05, 4.69) is 9.89 Å². The van der Waals surface area contributed by atoms with E-state index in [-0.39, 0.29) is 0 Å². The summed E-state index contributed by atoms with van der Waals surface area (Å²) in [5.41, 5.74) is 1.03. The van der Waals surface area contributed by atoms with Crippen LogP contribution in [0.1, 0.15) is 24.8 Å². The van der Waals surface area contributed by atoms with Crippen molar-refractivity contribution in [2.24, 2.45) is 10.9 Å². The third-order valence-corrected chi connectivity index (χ3v) is 4.21. The van der Waals surface area contributed by atoms with Gasteiger partial charge in [-0.15, -0.1) is 0 Å². The maximum absolute atomic E-state index is 13.7. The lowest BCUT2D eigenvalue weighted by molar-refractivity contribution is 0.312. The average Bonchev–Trinajstić information content (AvgIpc) is 2.87. The van der Waals surface area contributed by atoms with Gasteiger partial charge in [0.15, 0.2) is 0 Å². The summed E-state index contributed by atoms with van der Waals surface area (Å²) in [5, 5.41) is 0. The summed E-state index contributed by atoms with van der Waals surface area (Å²) in [4.78, 5) is 6.68. The SMILES string of the molecule is Fc1cc(F)c2c(c1)N=C1C3CCC(C3)N1C2. The summed E-state index contributed by atoms with van der Waals surface area (Å²) in [7, 11) is 0. The van der Waals surface area contributed by atoms with Crippen LogP contribution < -0.4 is 0 Å². The molecule has 88 valence electrons. The van der Waals surface area contributed by atoms with Crippen LogP contribution in [0, 0.1) is 17.6 Å². The maximum atomic E-state index is 13.7. The van der Waals surface area contributed by atoms with E-state index in [1.54, 1.807) is 0 Å². The first kappa shape index (κ1) is 9.57. The molecule has 1 saturated carbocycles. The van der Waals surface area contributed by atoms with Crippen LogP contribution in [0.4, 0.5) is 14.5 Å². The lowest BCUT2D eigenvalue weighted by Crippen LogP contribution is -2.38. The predicted molar refractivity (Wildman–Crippen MR) is 60.1 cm³/mol. The van der Waals surface area contributed by atoms with E-state index in [0.29, 0.717) is 29.8 Å². The molecule has 4 rings (SSSR count). The molecule has 2 unspecified atom stereocenters. The van der Waals surface area contributed by atoms with Gasteiger partial charge in [-0.05, 0) is 19.3 Å². The van der Waals surface area contributed by atoms with Gasteiger partial charge in [-0.2, -0.15) is 0 Å². The molecule has 4 heteroatoms. The van der Waals surface area contributed by atoms with Gasteiger partial charge in [0.2, 0.25) is 0 Å². The van der Waals surface area contributed by atoms with Crippen molar-refractivity contribution in [1.29, 1.82) is 0 Å². The monoisotopic (exact) mass is 234 g/mol. The Labute approximate surface area is 98.0 Å². The van der Waals surface area contributed by atoms with E-state index in [0.717, 1.165) is 18.3 Å². The predicted octanol–water partition coefficient (Wildman–Crippen LogP) is 2.99. The molecular weight excluding hydrogens is 222 g/mol. The Kier molecular flexibility index (Phi) is 1.72. The fourth-order valence-corrected chi connectivity index (χ4v) is 3.40.